The van der Waals surface area contributed by atoms with Gasteiger partial charge in [0, 0.05) is 5.02 Å². The molecule has 96 valence electrons. The van der Waals surface area contributed by atoms with E-state index in [4.69, 9.17) is 23.2 Å². The first-order valence-electron chi connectivity index (χ1n) is 5.57. The van der Waals surface area contributed by atoms with Crippen molar-refractivity contribution in [1.29, 1.82) is 0 Å². The third-order valence-corrected chi connectivity index (χ3v) is 3.23. The minimum absolute atomic E-state index is 0.571. The second-order valence-electron chi connectivity index (χ2n) is 3.84. The molecule has 0 amide bonds. The van der Waals surface area contributed by atoms with Gasteiger partial charge in [0.15, 0.2) is 5.82 Å². The van der Waals surface area contributed by atoms with Gasteiger partial charge in [-0.25, -0.2) is 0 Å². The highest BCUT2D eigenvalue weighted by Crippen LogP contribution is 2.27. The van der Waals surface area contributed by atoms with E-state index in [0.29, 0.717) is 28.1 Å². The van der Waals surface area contributed by atoms with Gasteiger partial charge < -0.3 is 5.32 Å². The second kappa shape index (κ2) is 5.65. The first kappa shape index (κ1) is 13.3. The van der Waals surface area contributed by atoms with E-state index in [1.165, 1.54) is 0 Å². The van der Waals surface area contributed by atoms with E-state index in [1.54, 1.807) is 16.8 Å². The van der Waals surface area contributed by atoms with Crippen LogP contribution in [0, 0.1) is 6.92 Å². The number of halogens is 2. The second-order valence-corrected chi connectivity index (χ2v) is 4.65. The Morgan fingerprint density at radius 1 is 1.28 bits per heavy atom. The van der Waals surface area contributed by atoms with Crippen LogP contribution >= 0.6 is 23.2 Å². The summed E-state index contributed by atoms with van der Waals surface area (Å²) in [4.78, 5) is 0. The van der Waals surface area contributed by atoms with E-state index < -0.39 is 0 Å². The van der Waals surface area contributed by atoms with E-state index in [0.717, 1.165) is 12.1 Å². The maximum absolute atomic E-state index is 6.20. The monoisotopic (exact) mass is 285 g/mol. The quantitative estimate of drug-likeness (QED) is 0.937. The van der Waals surface area contributed by atoms with E-state index in [-0.39, 0.29) is 0 Å². The molecule has 0 saturated heterocycles. The molecule has 1 aromatic heterocycles. The topological polar surface area (TPSA) is 55.6 Å². The number of tetrazole rings is 1. The van der Waals surface area contributed by atoms with Gasteiger partial charge in [-0.1, -0.05) is 30.1 Å². The fraction of sp³-hybridized carbons (Fsp3) is 0.364. The summed E-state index contributed by atoms with van der Waals surface area (Å²) < 4.78 is 1.59. The van der Waals surface area contributed by atoms with Crippen molar-refractivity contribution in [2.24, 2.45) is 0 Å². The Morgan fingerprint density at radius 2 is 2.06 bits per heavy atom. The number of hydrogen-bond donors (Lipinski definition) is 1. The van der Waals surface area contributed by atoms with Crippen molar-refractivity contribution >= 4 is 23.2 Å². The van der Waals surface area contributed by atoms with Crippen LogP contribution in [-0.2, 0) is 6.54 Å². The van der Waals surface area contributed by atoms with Gasteiger partial charge in [0.05, 0.1) is 17.3 Å². The summed E-state index contributed by atoms with van der Waals surface area (Å²) in [5, 5.41) is 15.9. The van der Waals surface area contributed by atoms with Gasteiger partial charge in [0.25, 0.3) is 0 Å². The van der Waals surface area contributed by atoms with Gasteiger partial charge in [-0.3, -0.25) is 0 Å². The Balaban J connectivity index is 2.42. The standard InChI is InChI=1S/C11H13Cl2N5/c1-3-14-6-11-15-16-17-18(11)10-5-8(12)7(2)4-9(10)13/h4-5,14H,3,6H2,1-2H3. The maximum Gasteiger partial charge on any atom is 0.170 e. The fourth-order valence-electron chi connectivity index (χ4n) is 1.54. The molecule has 0 bridgehead atoms. The number of aryl methyl sites for hydroxylation is 1. The van der Waals surface area contributed by atoms with E-state index in [1.807, 2.05) is 13.8 Å². The van der Waals surface area contributed by atoms with E-state index in [2.05, 4.69) is 20.8 Å². The summed E-state index contributed by atoms with van der Waals surface area (Å²) in [6.07, 6.45) is 0. The Morgan fingerprint density at radius 3 is 2.78 bits per heavy atom. The molecule has 0 fully saturated rings. The third-order valence-electron chi connectivity index (χ3n) is 2.52. The molecule has 2 aromatic rings. The zero-order valence-corrected chi connectivity index (χ0v) is 11.6. The Bertz CT molecular complexity index is 552. The van der Waals surface area contributed by atoms with Crippen LogP contribution in [0.5, 0.6) is 0 Å². The number of nitrogens with zero attached hydrogens (tertiary/aromatic N) is 4. The number of benzene rings is 1. The SMILES string of the molecule is CCNCc1nnnn1-c1cc(Cl)c(C)cc1Cl. The summed E-state index contributed by atoms with van der Waals surface area (Å²) >= 11 is 12.3. The predicted octanol–water partition coefficient (Wildman–Crippen LogP) is 2.39. The molecule has 5 nitrogen and oxygen atoms in total. The van der Waals surface area contributed by atoms with E-state index in [9.17, 15) is 0 Å². The van der Waals surface area contributed by atoms with Crippen molar-refractivity contribution in [3.63, 3.8) is 0 Å². The summed E-state index contributed by atoms with van der Waals surface area (Å²) in [7, 11) is 0. The zero-order chi connectivity index (χ0) is 13.1. The van der Waals surface area contributed by atoms with E-state index >= 15 is 0 Å². The Hall–Kier alpha value is -1.17. The highest BCUT2D eigenvalue weighted by Gasteiger charge is 2.12. The minimum atomic E-state index is 0.571. The highest BCUT2D eigenvalue weighted by molar-refractivity contribution is 6.35. The molecule has 0 aliphatic carbocycles. The summed E-state index contributed by atoms with van der Waals surface area (Å²) in [5.74, 6) is 0.693. The van der Waals surface area contributed by atoms with Crippen LogP contribution in [-0.4, -0.2) is 26.8 Å². The molecule has 0 saturated carbocycles. The molecule has 0 spiro atoms. The molecule has 1 aromatic carbocycles. The molecule has 2 rings (SSSR count). The highest BCUT2D eigenvalue weighted by atomic mass is 35.5. The molecule has 18 heavy (non-hydrogen) atoms. The van der Waals surface area contributed by atoms with Crippen molar-refractivity contribution in [2.45, 2.75) is 20.4 Å². The normalized spacial score (nSPS) is 10.9. The van der Waals surface area contributed by atoms with Crippen molar-refractivity contribution in [3.8, 4) is 5.69 Å². The van der Waals surface area contributed by atoms with Crippen LogP contribution in [0.4, 0.5) is 0 Å². The van der Waals surface area contributed by atoms with Crippen LogP contribution in [0.15, 0.2) is 12.1 Å². The first-order valence-corrected chi connectivity index (χ1v) is 6.33. The zero-order valence-electron chi connectivity index (χ0n) is 10.1. The number of rotatable bonds is 4. The first-order chi connectivity index (χ1) is 8.63. The number of hydrogen-bond acceptors (Lipinski definition) is 4. The van der Waals surface area contributed by atoms with Crippen LogP contribution in [0.25, 0.3) is 5.69 Å². The summed E-state index contributed by atoms with van der Waals surface area (Å²) in [6.45, 7) is 5.33. The fourth-order valence-corrected chi connectivity index (χ4v) is 1.99. The van der Waals surface area contributed by atoms with Crippen LogP contribution in [0.2, 0.25) is 10.0 Å². The molecule has 1 N–H and O–H groups in total. The van der Waals surface area contributed by atoms with Crippen LogP contribution in [0.3, 0.4) is 0 Å². The van der Waals surface area contributed by atoms with Gasteiger partial charge in [-0.05, 0) is 41.6 Å². The maximum atomic E-state index is 6.20. The van der Waals surface area contributed by atoms with Gasteiger partial charge in [-0.15, -0.1) is 5.10 Å². The Labute approximate surface area is 115 Å². The average molecular weight is 286 g/mol. The molecule has 7 heteroatoms. The lowest BCUT2D eigenvalue weighted by atomic mass is 10.2. The number of aromatic nitrogens is 4. The lowest BCUT2D eigenvalue weighted by Crippen LogP contribution is -2.16. The molecule has 0 aliphatic rings. The molecule has 0 aliphatic heterocycles. The smallest absolute Gasteiger partial charge is 0.170 e. The van der Waals surface area contributed by atoms with Crippen LogP contribution < -0.4 is 5.32 Å². The predicted molar refractivity (Wildman–Crippen MR) is 71.3 cm³/mol. The third kappa shape index (κ3) is 2.63. The largest absolute Gasteiger partial charge is 0.310 e. The lowest BCUT2D eigenvalue weighted by Gasteiger charge is -2.09. The van der Waals surface area contributed by atoms with Crippen LogP contribution in [0.1, 0.15) is 18.3 Å². The molecular weight excluding hydrogens is 273 g/mol. The summed E-state index contributed by atoms with van der Waals surface area (Å²) in [5.41, 5.74) is 1.61. The molecule has 0 atom stereocenters. The van der Waals surface area contributed by atoms with Gasteiger partial charge in [0.1, 0.15) is 0 Å². The molecule has 0 radical (unpaired) electrons. The molecule has 0 unspecified atom stereocenters. The molecule has 1 heterocycles. The van der Waals surface area contributed by atoms with Crippen molar-refractivity contribution < 1.29 is 0 Å². The van der Waals surface area contributed by atoms with Gasteiger partial charge in [0.2, 0.25) is 0 Å². The van der Waals surface area contributed by atoms with Crippen molar-refractivity contribution in [3.05, 3.63) is 33.6 Å². The van der Waals surface area contributed by atoms with Crippen molar-refractivity contribution in [1.82, 2.24) is 25.5 Å². The van der Waals surface area contributed by atoms with Crippen molar-refractivity contribution in [2.75, 3.05) is 6.54 Å². The number of nitrogens with one attached hydrogen (secondary N) is 1. The Kier molecular flexibility index (Phi) is 4.16. The average Bonchev–Trinajstić information content (AvgIpc) is 2.79. The minimum Gasteiger partial charge on any atom is -0.310 e. The van der Waals surface area contributed by atoms with Gasteiger partial charge in [-0.2, -0.15) is 4.68 Å². The summed E-state index contributed by atoms with van der Waals surface area (Å²) in [6, 6.07) is 3.57. The molecular formula is C11H13Cl2N5. The van der Waals surface area contributed by atoms with Gasteiger partial charge >= 0.3 is 0 Å². The lowest BCUT2D eigenvalue weighted by molar-refractivity contribution is 0.664.